The van der Waals surface area contributed by atoms with Crippen LogP contribution in [-0.2, 0) is 9.53 Å². The highest BCUT2D eigenvalue weighted by atomic mass is 35.5. The number of hydrogen-bond acceptors (Lipinski definition) is 6. The van der Waals surface area contributed by atoms with Gasteiger partial charge in [0.2, 0.25) is 6.79 Å². The zero-order valence-electron chi connectivity index (χ0n) is 13.1. The third-order valence-electron chi connectivity index (χ3n) is 3.47. The van der Waals surface area contributed by atoms with Gasteiger partial charge in [-0.2, -0.15) is 0 Å². The van der Waals surface area contributed by atoms with Crippen LogP contribution in [0.15, 0.2) is 36.4 Å². The van der Waals surface area contributed by atoms with Crippen LogP contribution in [0.25, 0.3) is 0 Å². The SMILES string of the molecule is C[C@H](OC(=O)c1ccc(Cl)cc1O)C(=O)Nc1ccc2c(c1)OCO2. The average molecular weight is 364 g/mol. The Hall–Kier alpha value is -2.93. The first-order valence-corrected chi connectivity index (χ1v) is 7.72. The molecule has 1 aliphatic heterocycles. The number of amides is 1. The van der Waals surface area contributed by atoms with Crippen LogP contribution < -0.4 is 14.8 Å². The fourth-order valence-electron chi connectivity index (χ4n) is 2.17. The van der Waals surface area contributed by atoms with E-state index in [0.717, 1.165) is 0 Å². The van der Waals surface area contributed by atoms with Crippen LogP contribution in [-0.4, -0.2) is 29.9 Å². The Morgan fingerprint density at radius 1 is 1.20 bits per heavy atom. The number of esters is 1. The molecule has 25 heavy (non-hydrogen) atoms. The molecule has 0 unspecified atom stereocenters. The summed E-state index contributed by atoms with van der Waals surface area (Å²) in [5.74, 6) is -0.562. The Kier molecular flexibility index (Phi) is 4.67. The lowest BCUT2D eigenvalue weighted by molar-refractivity contribution is -0.123. The molecule has 0 saturated heterocycles. The first-order valence-electron chi connectivity index (χ1n) is 7.34. The molecular formula is C17H14ClNO6. The van der Waals surface area contributed by atoms with Crippen molar-refractivity contribution in [2.45, 2.75) is 13.0 Å². The molecule has 0 fully saturated rings. The van der Waals surface area contributed by atoms with Gasteiger partial charge in [-0.25, -0.2) is 4.79 Å². The number of phenols is 1. The molecule has 0 saturated carbocycles. The first kappa shape index (κ1) is 16.9. The van der Waals surface area contributed by atoms with Crippen molar-refractivity contribution in [1.82, 2.24) is 0 Å². The normalized spacial score (nSPS) is 13.2. The summed E-state index contributed by atoms with van der Waals surface area (Å²) in [6.45, 7) is 1.55. The van der Waals surface area contributed by atoms with E-state index in [1.54, 1.807) is 18.2 Å². The second-order valence-corrected chi connectivity index (χ2v) is 5.70. The van der Waals surface area contributed by atoms with Gasteiger partial charge in [-0.15, -0.1) is 0 Å². The largest absolute Gasteiger partial charge is 0.507 e. The number of phenolic OH excluding ortho intramolecular Hbond substituents is 1. The Balaban J connectivity index is 1.63. The molecule has 2 aromatic rings. The van der Waals surface area contributed by atoms with Gasteiger partial charge in [0.25, 0.3) is 5.91 Å². The van der Waals surface area contributed by atoms with Crippen LogP contribution in [0.5, 0.6) is 17.2 Å². The van der Waals surface area contributed by atoms with E-state index < -0.39 is 18.0 Å². The van der Waals surface area contributed by atoms with Crippen LogP contribution in [0.4, 0.5) is 5.69 Å². The third-order valence-corrected chi connectivity index (χ3v) is 3.71. The van der Waals surface area contributed by atoms with Gasteiger partial charge in [-0.1, -0.05) is 11.6 Å². The van der Waals surface area contributed by atoms with Crippen molar-refractivity contribution in [3.8, 4) is 17.2 Å². The maximum absolute atomic E-state index is 12.2. The van der Waals surface area contributed by atoms with Crippen molar-refractivity contribution >= 4 is 29.2 Å². The Morgan fingerprint density at radius 2 is 1.96 bits per heavy atom. The topological polar surface area (TPSA) is 94.1 Å². The lowest BCUT2D eigenvalue weighted by Gasteiger charge is -2.14. The summed E-state index contributed by atoms with van der Waals surface area (Å²) in [4.78, 5) is 24.2. The molecule has 1 amide bonds. The predicted molar refractivity (Wildman–Crippen MR) is 89.2 cm³/mol. The minimum Gasteiger partial charge on any atom is -0.507 e. The molecule has 0 bridgehead atoms. The number of benzene rings is 2. The molecule has 0 aromatic heterocycles. The number of fused-ring (bicyclic) bond motifs is 1. The third kappa shape index (κ3) is 3.77. The van der Waals surface area contributed by atoms with E-state index in [0.29, 0.717) is 17.2 Å². The van der Waals surface area contributed by atoms with Crippen molar-refractivity contribution in [1.29, 1.82) is 0 Å². The molecule has 0 spiro atoms. The summed E-state index contributed by atoms with van der Waals surface area (Å²) in [5, 5.41) is 12.6. The van der Waals surface area contributed by atoms with E-state index in [1.807, 2.05) is 0 Å². The molecular weight excluding hydrogens is 350 g/mol. The van der Waals surface area contributed by atoms with Gasteiger partial charge in [-0.3, -0.25) is 4.79 Å². The van der Waals surface area contributed by atoms with Crippen molar-refractivity contribution in [3.05, 3.63) is 47.0 Å². The number of carbonyl (C=O) groups is 2. The lowest BCUT2D eigenvalue weighted by atomic mass is 10.2. The Morgan fingerprint density at radius 3 is 2.72 bits per heavy atom. The van der Waals surface area contributed by atoms with E-state index in [4.69, 9.17) is 25.8 Å². The van der Waals surface area contributed by atoms with Gasteiger partial charge in [0.05, 0.1) is 0 Å². The number of ether oxygens (including phenoxy) is 3. The summed E-state index contributed by atoms with van der Waals surface area (Å²) in [6.07, 6.45) is -1.08. The van der Waals surface area contributed by atoms with Crippen molar-refractivity contribution < 1.29 is 28.9 Å². The van der Waals surface area contributed by atoms with Crippen LogP contribution in [0.3, 0.4) is 0 Å². The second-order valence-electron chi connectivity index (χ2n) is 5.27. The Labute approximate surface area is 148 Å². The van der Waals surface area contributed by atoms with Gasteiger partial charge < -0.3 is 24.6 Å². The minimum absolute atomic E-state index is 0.0767. The van der Waals surface area contributed by atoms with Gasteiger partial charge in [-0.05, 0) is 37.3 Å². The van der Waals surface area contributed by atoms with E-state index in [-0.39, 0.29) is 23.1 Å². The summed E-state index contributed by atoms with van der Waals surface area (Å²) in [6, 6.07) is 8.90. The highest BCUT2D eigenvalue weighted by molar-refractivity contribution is 6.30. The summed E-state index contributed by atoms with van der Waals surface area (Å²) >= 11 is 5.71. The van der Waals surface area contributed by atoms with Crippen molar-refractivity contribution in [2.75, 3.05) is 12.1 Å². The number of halogens is 1. The van der Waals surface area contributed by atoms with Gasteiger partial charge in [0.1, 0.15) is 11.3 Å². The lowest BCUT2D eigenvalue weighted by Crippen LogP contribution is -2.30. The van der Waals surface area contributed by atoms with Gasteiger partial charge in [0.15, 0.2) is 17.6 Å². The zero-order chi connectivity index (χ0) is 18.0. The van der Waals surface area contributed by atoms with E-state index in [1.165, 1.54) is 25.1 Å². The number of carbonyl (C=O) groups excluding carboxylic acids is 2. The monoisotopic (exact) mass is 363 g/mol. The molecule has 2 N–H and O–H groups in total. The maximum atomic E-state index is 12.2. The Bertz CT molecular complexity index is 838. The molecule has 2 aromatic carbocycles. The summed E-state index contributed by atoms with van der Waals surface area (Å²) < 4.78 is 15.5. The zero-order valence-corrected chi connectivity index (χ0v) is 13.9. The molecule has 1 aliphatic rings. The van der Waals surface area contributed by atoms with Crippen LogP contribution in [0.2, 0.25) is 5.02 Å². The fraction of sp³-hybridized carbons (Fsp3) is 0.176. The number of aromatic hydroxyl groups is 1. The van der Waals surface area contributed by atoms with Gasteiger partial charge in [0, 0.05) is 16.8 Å². The minimum atomic E-state index is -1.08. The maximum Gasteiger partial charge on any atom is 0.342 e. The van der Waals surface area contributed by atoms with Crippen molar-refractivity contribution in [2.24, 2.45) is 0 Å². The number of hydrogen-bond donors (Lipinski definition) is 2. The molecule has 1 atom stereocenters. The van der Waals surface area contributed by atoms with E-state index in [9.17, 15) is 14.7 Å². The van der Waals surface area contributed by atoms with Gasteiger partial charge >= 0.3 is 5.97 Å². The quantitative estimate of drug-likeness (QED) is 0.811. The summed E-state index contributed by atoms with van der Waals surface area (Å²) in [7, 11) is 0. The van der Waals surface area contributed by atoms with Crippen molar-refractivity contribution in [3.63, 3.8) is 0 Å². The molecule has 3 rings (SSSR count). The fourth-order valence-corrected chi connectivity index (χ4v) is 2.34. The smallest absolute Gasteiger partial charge is 0.342 e. The number of rotatable bonds is 4. The molecule has 7 nitrogen and oxygen atoms in total. The predicted octanol–water partition coefficient (Wildman–Crippen LogP) is 2.96. The molecule has 1 heterocycles. The average Bonchev–Trinajstić information content (AvgIpc) is 3.02. The summed E-state index contributed by atoms with van der Waals surface area (Å²) in [5.41, 5.74) is 0.401. The van der Waals surface area contributed by atoms with Crippen LogP contribution >= 0.6 is 11.6 Å². The number of nitrogens with one attached hydrogen (secondary N) is 1. The molecule has 130 valence electrons. The second kappa shape index (κ2) is 6.90. The highest BCUT2D eigenvalue weighted by Crippen LogP contribution is 2.34. The first-order chi connectivity index (χ1) is 11.9. The number of anilines is 1. The van der Waals surface area contributed by atoms with Crippen LogP contribution in [0, 0.1) is 0 Å². The molecule has 0 radical (unpaired) electrons. The standard InChI is InChI=1S/C17H14ClNO6/c1-9(25-17(22)12-4-2-10(18)6-13(12)20)16(21)19-11-3-5-14-15(7-11)24-8-23-14/h2-7,9,20H,8H2,1H3,(H,19,21)/t9-/m0/s1. The highest BCUT2D eigenvalue weighted by Gasteiger charge is 2.22. The van der Waals surface area contributed by atoms with Crippen LogP contribution in [0.1, 0.15) is 17.3 Å². The van der Waals surface area contributed by atoms with E-state index >= 15 is 0 Å². The van der Waals surface area contributed by atoms with E-state index in [2.05, 4.69) is 5.32 Å². The molecule has 0 aliphatic carbocycles. The molecule has 8 heteroatoms.